The summed E-state index contributed by atoms with van der Waals surface area (Å²) in [5, 5.41) is 7.74. The van der Waals surface area contributed by atoms with Crippen molar-refractivity contribution in [2.75, 3.05) is 16.8 Å². The second-order valence-corrected chi connectivity index (χ2v) is 6.35. The largest absolute Gasteiger partial charge is 0.380 e. The van der Waals surface area contributed by atoms with E-state index in [0.717, 1.165) is 24.3 Å². The zero-order valence-corrected chi connectivity index (χ0v) is 12.2. The molecule has 0 spiro atoms. The maximum absolute atomic E-state index is 12.0. The van der Waals surface area contributed by atoms with E-state index >= 15 is 0 Å². The Bertz CT molecular complexity index is 469. The van der Waals surface area contributed by atoms with Gasteiger partial charge in [-0.25, -0.2) is 4.68 Å². The predicted molar refractivity (Wildman–Crippen MR) is 77.9 cm³/mol. The van der Waals surface area contributed by atoms with Crippen LogP contribution < -0.4 is 10.9 Å². The molecule has 0 unspecified atom stereocenters. The SMILES string of the molecule is CC(C)n1ncc(NC2CCSCC2)c(Cl)c1=O. The molecule has 0 radical (unpaired) electrons. The van der Waals surface area contributed by atoms with Crippen LogP contribution >= 0.6 is 23.4 Å². The first-order valence-electron chi connectivity index (χ1n) is 6.21. The van der Waals surface area contributed by atoms with E-state index in [4.69, 9.17) is 11.6 Å². The fourth-order valence-electron chi connectivity index (χ4n) is 1.98. The summed E-state index contributed by atoms with van der Waals surface area (Å²) >= 11 is 8.09. The molecular formula is C12H18ClN3OS. The number of rotatable bonds is 3. The van der Waals surface area contributed by atoms with Crippen LogP contribution in [-0.4, -0.2) is 27.3 Å². The standard InChI is InChI=1S/C12H18ClN3OS/c1-8(2)16-12(17)11(13)10(7-14-16)15-9-3-5-18-6-4-9/h7-9,15H,3-6H2,1-2H3. The Morgan fingerprint density at radius 1 is 1.50 bits per heavy atom. The van der Waals surface area contributed by atoms with Gasteiger partial charge < -0.3 is 5.32 Å². The Hall–Kier alpha value is -0.680. The molecule has 2 heterocycles. The average molecular weight is 288 g/mol. The summed E-state index contributed by atoms with van der Waals surface area (Å²) in [6.45, 7) is 3.83. The molecule has 1 aromatic heterocycles. The van der Waals surface area contributed by atoms with Crippen molar-refractivity contribution in [3.05, 3.63) is 21.6 Å². The predicted octanol–water partition coefficient (Wildman–Crippen LogP) is 2.79. The van der Waals surface area contributed by atoms with Gasteiger partial charge >= 0.3 is 0 Å². The van der Waals surface area contributed by atoms with Crippen molar-refractivity contribution in [3.8, 4) is 0 Å². The number of nitrogens with zero attached hydrogens (tertiary/aromatic N) is 2. The van der Waals surface area contributed by atoms with Crippen LogP contribution in [0.15, 0.2) is 11.0 Å². The van der Waals surface area contributed by atoms with Crippen LogP contribution in [0.3, 0.4) is 0 Å². The molecule has 0 aliphatic carbocycles. The highest BCUT2D eigenvalue weighted by Crippen LogP contribution is 2.23. The summed E-state index contributed by atoms with van der Waals surface area (Å²) in [5.74, 6) is 2.32. The maximum atomic E-state index is 12.0. The topological polar surface area (TPSA) is 46.9 Å². The van der Waals surface area contributed by atoms with Crippen LogP contribution in [0.4, 0.5) is 5.69 Å². The third-order valence-electron chi connectivity index (χ3n) is 3.01. The highest BCUT2D eigenvalue weighted by atomic mass is 35.5. The van der Waals surface area contributed by atoms with Gasteiger partial charge in [0.25, 0.3) is 5.56 Å². The van der Waals surface area contributed by atoms with Gasteiger partial charge in [-0.2, -0.15) is 16.9 Å². The molecule has 0 bridgehead atoms. The Morgan fingerprint density at radius 2 is 2.17 bits per heavy atom. The smallest absolute Gasteiger partial charge is 0.287 e. The van der Waals surface area contributed by atoms with E-state index in [-0.39, 0.29) is 16.6 Å². The Morgan fingerprint density at radius 3 is 2.78 bits per heavy atom. The summed E-state index contributed by atoms with van der Waals surface area (Å²) in [7, 11) is 0. The second-order valence-electron chi connectivity index (χ2n) is 4.75. The van der Waals surface area contributed by atoms with Gasteiger partial charge in [-0.05, 0) is 38.2 Å². The molecule has 1 aliphatic heterocycles. The molecular weight excluding hydrogens is 270 g/mol. The number of aromatic nitrogens is 2. The molecule has 0 amide bonds. The third kappa shape index (κ3) is 3.01. The summed E-state index contributed by atoms with van der Waals surface area (Å²) in [4.78, 5) is 12.0. The van der Waals surface area contributed by atoms with E-state index in [1.54, 1.807) is 6.20 Å². The van der Waals surface area contributed by atoms with Crippen molar-refractivity contribution in [1.29, 1.82) is 0 Å². The normalized spacial score (nSPS) is 17.1. The summed E-state index contributed by atoms with van der Waals surface area (Å²) in [5.41, 5.74) is 0.442. The van der Waals surface area contributed by atoms with Crippen molar-refractivity contribution < 1.29 is 0 Å². The fourth-order valence-corrected chi connectivity index (χ4v) is 3.27. The minimum absolute atomic E-state index is 0.0233. The minimum Gasteiger partial charge on any atom is -0.380 e. The van der Waals surface area contributed by atoms with Crippen molar-refractivity contribution in [3.63, 3.8) is 0 Å². The van der Waals surface area contributed by atoms with Crippen LogP contribution in [0, 0.1) is 0 Å². The molecule has 0 aromatic carbocycles. The lowest BCUT2D eigenvalue weighted by Gasteiger charge is -2.24. The van der Waals surface area contributed by atoms with Crippen molar-refractivity contribution >= 4 is 29.1 Å². The lowest BCUT2D eigenvalue weighted by Crippen LogP contribution is -2.29. The molecule has 1 N–H and O–H groups in total. The van der Waals surface area contributed by atoms with E-state index in [1.165, 1.54) is 4.68 Å². The summed E-state index contributed by atoms with van der Waals surface area (Å²) < 4.78 is 1.41. The van der Waals surface area contributed by atoms with E-state index in [9.17, 15) is 4.79 Å². The van der Waals surface area contributed by atoms with Gasteiger partial charge in [0.2, 0.25) is 0 Å². The van der Waals surface area contributed by atoms with Crippen molar-refractivity contribution in [1.82, 2.24) is 9.78 Å². The Balaban J connectivity index is 2.19. The first-order valence-corrected chi connectivity index (χ1v) is 7.74. The lowest BCUT2D eigenvalue weighted by molar-refractivity contribution is 0.502. The zero-order valence-electron chi connectivity index (χ0n) is 10.6. The van der Waals surface area contributed by atoms with Crippen LogP contribution in [0.25, 0.3) is 0 Å². The highest BCUT2D eigenvalue weighted by molar-refractivity contribution is 7.99. The second kappa shape index (κ2) is 5.97. The first-order chi connectivity index (χ1) is 8.59. The van der Waals surface area contributed by atoms with Crippen molar-refractivity contribution in [2.45, 2.75) is 38.8 Å². The lowest BCUT2D eigenvalue weighted by atomic mass is 10.1. The minimum atomic E-state index is -0.221. The van der Waals surface area contributed by atoms with Gasteiger partial charge in [0.05, 0.1) is 17.9 Å². The van der Waals surface area contributed by atoms with E-state index in [2.05, 4.69) is 10.4 Å². The number of anilines is 1. The van der Waals surface area contributed by atoms with Crippen LogP contribution in [0.5, 0.6) is 0 Å². The van der Waals surface area contributed by atoms with Crippen LogP contribution in [0.2, 0.25) is 5.02 Å². The van der Waals surface area contributed by atoms with Gasteiger partial charge in [0.15, 0.2) is 0 Å². The van der Waals surface area contributed by atoms with E-state index in [1.807, 2.05) is 25.6 Å². The van der Waals surface area contributed by atoms with Crippen molar-refractivity contribution in [2.24, 2.45) is 0 Å². The third-order valence-corrected chi connectivity index (χ3v) is 4.43. The fraction of sp³-hybridized carbons (Fsp3) is 0.667. The number of hydrogen-bond donors (Lipinski definition) is 1. The summed E-state index contributed by atoms with van der Waals surface area (Å²) in [6.07, 6.45) is 3.87. The molecule has 1 aromatic rings. The average Bonchev–Trinajstić information content (AvgIpc) is 2.36. The van der Waals surface area contributed by atoms with Gasteiger partial charge in [-0.1, -0.05) is 11.6 Å². The van der Waals surface area contributed by atoms with Gasteiger partial charge in [-0.15, -0.1) is 0 Å². The molecule has 6 heteroatoms. The number of halogens is 1. The molecule has 100 valence electrons. The van der Waals surface area contributed by atoms with Gasteiger partial charge in [-0.3, -0.25) is 4.79 Å². The molecule has 1 aliphatic rings. The first kappa shape index (κ1) is 13.7. The number of hydrogen-bond acceptors (Lipinski definition) is 4. The van der Waals surface area contributed by atoms with Crippen LogP contribution in [0.1, 0.15) is 32.7 Å². The molecule has 0 saturated carbocycles. The Kier molecular flexibility index (Phi) is 4.56. The molecule has 0 atom stereocenters. The monoisotopic (exact) mass is 287 g/mol. The summed E-state index contributed by atoms with van der Waals surface area (Å²) in [6, 6.07) is 0.426. The molecule has 2 rings (SSSR count). The van der Waals surface area contributed by atoms with E-state index in [0.29, 0.717) is 11.7 Å². The van der Waals surface area contributed by atoms with E-state index < -0.39 is 0 Å². The molecule has 1 saturated heterocycles. The van der Waals surface area contributed by atoms with Gasteiger partial charge in [0.1, 0.15) is 5.02 Å². The van der Waals surface area contributed by atoms with Gasteiger partial charge in [0, 0.05) is 6.04 Å². The molecule has 4 nitrogen and oxygen atoms in total. The molecule has 18 heavy (non-hydrogen) atoms. The Labute approximate surface area is 116 Å². The number of thioether (sulfide) groups is 1. The zero-order chi connectivity index (χ0) is 13.1. The van der Waals surface area contributed by atoms with Crippen LogP contribution in [-0.2, 0) is 0 Å². The number of nitrogens with one attached hydrogen (secondary N) is 1. The molecule has 1 fully saturated rings. The highest BCUT2D eigenvalue weighted by Gasteiger charge is 2.17. The maximum Gasteiger partial charge on any atom is 0.287 e. The quantitative estimate of drug-likeness (QED) is 0.929.